The molecule has 0 aliphatic rings. The highest BCUT2D eigenvalue weighted by molar-refractivity contribution is 6.33. The van der Waals surface area contributed by atoms with E-state index in [4.69, 9.17) is 16.3 Å². The normalized spacial score (nSPS) is 12.4. The molecule has 0 fully saturated rings. The molecule has 0 bridgehead atoms. The number of nitrogens with zero attached hydrogens (tertiary/aromatic N) is 1. The van der Waals surface area contributed by atoms with Crippen molar-refractivity contribution in [1.82, 2.24) is 10.3 Å². The second-order valence-corrected chi connectivity index (χ2v) is 11.0. The Labute approximate surface area is 276 Å². The highest BCUT2D eigenvalue weighted by Gasteiger charge is 2.34. The smallest absolute Gasteiger partial charge is 0.419 e. The summed E-state index contributed by atoms with van der Waals surface area (Å²) in [5.41, 5.74) is -0.794. The molecule has 1 heterocycles. The lowest BCUT2D eigenvalue weighted by Gasteiger charge is -2.16. The molecule has 0 aliphatic heterocycles. The number of rotatable bonds is 11. The molecule has 1 atom stereocenters. The highest BCUT2D eigenvalue weighted by atomic mass is 35.5. The molecule has 0 saturated carbocycles. The van der Waals surface area contributed by atoms with E-state index in [1.54, 1.807) is 13.8 Å². The lowest BCUT2D eigenvalue weighted by atomic mass is 9.97. The molecule has 3 aromatic carbocycles. The van der Waals surface area contributed by atoms with E-state index in [9.17, 15) is 40.3 Å². The summed E-state index contributed by atoms with van der Waals surface area (Å²) in [5, 5.41) is 5.72. The van der Waals surface area contributed by atoms with Crippen molar-refractivity contribution in [2.75, 3.05) is 18.5 Å². The van der Waals surface area contributed by atoms with Crippen LogP contribution in [0, 0.1) is 11.7 Å². The van der Waals surface area contributed by atoms with Crippen LogP contribution in [0.5, 0.6) is 0 Å². The number of esters is 1. The van der Waals surface area contributed by atoms with Crippen LogP contribution in [0.15, 0.2) is 72.9 Å². The zero-order valence-corrected chi connectivity index (χ0v) is 26.3. The molecule has 0 radical (unpaired) electrons. The number of halogens is 8. The van der Waals surface area contributed by atoms with Gasteiger partial charge < -0.3 is 15.4 Å². The first-order chi connectivity index (χ1) is 22.6. The zero-order chi connectivity index (χ0) is 35.2. The summed E-state index contributed by atoms with van der Waals surface area (Å²) in [5.74, 6) is -2.99. The van der Waals surface area contributed by atoms with E-state index in [0.717, 1.165) is 12.1 Å². The molecule has 1 amide bonds. The summed E-state index contributed by atoms with van der Waals surface area (Å²) >= 11 is 6.36. The van der Waals surface area contributed by atoms with Gasteiger partial charge in [0.15, 0.2) is 0 Å². The fourth-order valence-electron chi connectivity index (χ4n) is 4.79. The van der Waals surface area contributed by atoms with Crippen LogP contribution in [-0.2, 0) is 28.4 Å². The number of amides is 1. The molecular formula is C34H29ClF7N3O3. The summed E-state index contributed by atoms with van der Waals surface area (Å²) in [7, 11) is 0. The van der Waals surface area contributed by atoms with Crippen molar-refractivity contribution in [3.05, 3.63) is 106 Å². The van der Waals surface area contributed by atoms with Gasteiger partial charge in [0, 0.05) is 36.1 Å². The topological polar surface area (TPSA) is 80.3 Å². The van der Waals surface area contributed by atoms with Gasteiger partial charge in [-0.05, 0) is 72.5 Å². The Morgan fingerprint density at radius 1 is 0.875 bits per heavy atom. The fraction of sp³-hybridized carbons (Fsp3) is 0.265. The van der Waals surface area contributed by atoms with Crippen molar-refractivity contribution in [2.24, 2.45) is 5.92 Å². The van der Waals surface area contributed by atoms with Gasteiger partial charge >= 0.3 is 18.3 Å². The molecule has 0 aliphatic carbocycles. The third-order valence-electron chi connectivity index (χ3n) is 7.40. The Morgan fingerprint density at radius 2 is 1.60 bits per heavy atom. The van der Waals surface area contributed by atoms with Crippen LogP contribution in [0.3, 0.4) is 0 Å². The third-order valence-corrected chi connectivity index (χ3v) is 7.71. The van der Waals surface area contributed by atoms with Gasteiger partial charge in [-0.25, -0.2) is 4.39 Å². The number of pyridine rings is 1. The average molecular weight is 696 g/mol. The first-order valence-electron chi connectivity index (χ1n) is 14.6. The van der Waals surface area contributed by atoms with Gasteiger partial charge in [0.2, 0.25) is 0 Å². The van der Waals surface area contributed by atoms with Crippen LogP contribution in [0.1, 0.15) is 47.4 Å². The number of carbonyl (C=O) groups is 2. The first kappa shape index (κ1) is 36.2. The molecule has 1 aromatic heterocycles. The molecule has 4 aromatic rings. The van der Waals surface area contributed by atoms with E-state index in [-0.39, 0.29) is 52.7 Å². The Morgan fingerprint density at radius 3 is 2.21 bits per heavy atom. The van der Waals surface area contributed by atoms with Gasteiger partial charge in [0.1, 0.15) is 11.5 Å². The molecule has 6 nitrogen and oxygen atoms in total. The van der Waals surface area contributed by atoms with E-state index < -0.39 is 47.1 Å². The lowest BCUT2D eigenvalue weighted by Crippen LogP contribution is -2.34. The van der Waals surface area contributed by atoms with Gasteiger partial charge in [-0.2, -0.15) is 26.3 Å². The zero-order valence-electron chi connectivity index (χ0n) is 25.5. The summed E-state index contributed by atoms with van der Waals surface area (Å²) in [6.07, 6.45) is -7.84. The summed E-state index contributed by atoms with van der Waals surface area (Å²) in [6, 6.07) is 12.9. The van der Waals surface area contributed by atoms with Gasteiger partial charge in [0.05, 0.1) is 28.7 Å². The van der Waals surface area contributed by atoms with Crippen LogP contribution in [0.25, 0.3) is 22.3 Å². The second-order valence-electron chi connectivity index (χ2n) is 10.6. The number of aromatic nitrogens is 1. The maximum absolute atomic E-state index is 13.8. The van der Waals surface area contributed by atoms with Crippen LogP contribution in [-0.4, -0.2) is 30.0 Å². The van der Waals surface area contributed by atoms with E-state index >= 15 is 0 Å². The van der Waals surface area contributed by atoms with Crippen LogP contribution < -0.4 is 10.6 Å². The molecular weight excluding hydrogens is 667 g/mol. The standard InChI is InChI=1S/C34H29ClF7N3O3/c1-3-19(32(47)48-4-2)16-45-31(46)30-12-7-22(18-44-30)26-14-23(33(37,38)39)8-5-21(26)17-43-24-9-10-25(28(35)15-24)20-6-11-29(36)27(13-20)34(40,41)42/h5-15,18-19,43H,3-4,16-17H2,1-2H3,(H,45,46). The van der Waals surface area contributed by atoms with Gasteiger partial charge in [0.25, 0.3) is 5.91 Å². The molecule has 0 saturated heterocycles. The van der Waals surface area contributed by atoms with Crippen molar-refractivity contribution in [1.29, 1.82) is 0 Å². The molecule has 48 heavy (non-hydrogen) atoms. The Bertz CT molecular complexity index is 1780. The van der Waals surface area contributed by atoms with E-state index in [0.29, 0.717) is 29.8 Å². The Hall–Kier alpha value is -4.65. The minimum Gasteiger partial charge on any atom is -0.466 e. The predicted octanol–water partition coefficient (Wildman–Crippen LogP) is 9.18. The molecule has 1 unspecified atom stereocenters. The van der Waals surface area contributed by atoms with Crippen molar-refractivity contribution in [3.63, 3.8) is 0 Å². The maximum Gasteiger partial charge on any atom is 0.419 e. The second kappa shape index (κ2) is 15.1. The lowest BCUT2D eigenvalue weighted by molar-refractivity contribution is -0.148. The number of benzene rings is 3. The van der Waals surface area contributed by atoms with Crippen LogP contribution in [0.2, 0.25) is 5.02 Å². The summed E-state index contributed by atoms with van der Waals surface area (Å²) < 4.78 is 99.3. The summed E-state index contributed by atoms with van der Waals surface area (Å²) in [4.78, 5) is 28.8. The molecule has 4 rings (SSSR count). The van der Waals surface area contributed by atoms with E-state index in [1.807, 2.05) is 0 Å². The molecule has 2 N–H and O–H groups in total. The minimum atomic E-state index is -4.90. The Balaban J connectivity index is 1.54. The van der Waals surface area contributed by atoms with Crippen LogP contribution in [0.4, 0.5) is 36.4 Å². The van der Waals surface area contributed by atoms with Crippen molar-refractivity contribution >= 4 is 29.2 Å². The van der Waals surface area contributed by atoms with Gasteiger partial charge in [-0.1, -0.05) is 42.8 Å². The number of hydrogen-bond acceptors (Lipinski definition) is 5. The largest absolute Gasteiger partial charge is 0.466 e. The SMILES string of the molecule is CCOC(=O)C(CC)CNC(=O)c1ccc(-c2cc(C(F)(F)F)ccc2CNc2ccc(-c3ccc(F)c(C(F)(F)F)c3)c(Cl)c2)cn1. The van der Waals surface area contributed by atoms with E-state index in [1.165, 1.54) is 48.7 Å². The average Bonchev–Trinajstić information content (AvgIpc) is 3.03. The maximum atomic E-state index is 13.8. The third kappa shape index (κ3) is 8.82. The molecule has 14 heteroatoms. The minimum absolute atomic E-state index is 0.00637. The number of ether oxygens (including phenoxy) is 1. The first-order valence-corrected chi connectivity index (χ1v) is 15.0. The molecule has 0 spiro atoms. The summed E-state index contributed by atoms with van der Waals surface area (Å²) in [6.45, 7) is 3.67. The predicted molar refractivity (Wildman–Crippen MR) is 167 cm³/mol. The van der Waals surface area contributed by atoms with Gasteiger partial charge in [-0.15, -0.1) is 0 Å². The monoisotopic (exact) mass is 695 g/mol. The number of anilines is 1. The quantitative estimate of drug-likeness (QED) is 0.121. The van der Waals surface area contributed by atoms with Gasteiger partial charge in [-0.3, -0.25) is 14.6 Å². The van der Waals surface area contributed by atoms with Crippen molar-refractivity contribution in [3.8, 4) is 22.3 Å². The Kier molecular flexibility index (Phi) is 11.4. The number of hydrogen-bond donors (Lipinski definition) is 2. The van der Waals surface area contributed by atoms with Crippen molar-refractivity contribution in [2.45, 2.75) is 39.2 Å². The van der Waals surface area contributed by atoms with E-state index in [2.05, 4.69) is 15.6 Å². The van der Waals surface area contributed by atoms with Crippen LogP contribution >= 0.6 is 11.6 Å². The number of carbonyl (C=O) groups excluding carboxylic acids is 2. The number of alkyl halides is 6. The highest BCUT2D eigenvalue weighted by Crippen LogP contribution is 2.38. The molecule has 254 valence electrons. The number of nitrogens with one attached hydrogen (secondary N) is 2. The van der Waals surface area contributed by atoms with Crippen molar-refractivity contribution < 1.29 is 45.1 Å². The fourth-order valence-corrected chi connectivity index (χ4v) is 5.08.